The van der Waals surface area contributed by atoms with Crippen LogP contribution in [0.1, 0.15) is 12.3 Å². The molecular weight excluding hydrogens is 247 g/mol. The summed E-state index contributed by atoms with van der Waals surface area (Å²) in [6.45, 7) is 0.635. The quantitative estimate of drug-likeness (QED) is 0.763. The molecule has 1 aromatic carbocycles. The highest BCUT2D eigenvalue weighted by atomic mass is 16.5. The fraction of sp³-hybridized carbons (Fsp3) is 0.167. The monoisotopic (exact) mass is 258 g/mol. The van der Waals surface area contributed by atoms with Crippen LogP contribution in [-0.2, 0) is 4.74 Å². The van der Waals surface area contributed by atoms with Crippen LogP contribution in [0.4, 0.5) is 0 Å². The molecule has 0 amide bonds. The first-order chi connectivity index (χ1) is 9.24. The molecule has 0 atom stereocenters. The van der Waals surface area contributed by atoms with E-state index in [9.17, 15) is 0 Å². The van der Waals surface area contributed by atoms with Gasteiger partial charge in [-0.05, 0) is 23.7 Å². The summed E-state index contributed by atoms with van der Waals surface area (Å²) in [7, 11) is -1.48. The predicted molar refractivity (Wildman–Crippen MR) is 68.1 cm³/mol. The minimum atomic E-state index is -1.48. The van der Waals surface area contributed by atoms with Gasteiger partial charge in [0.1, 0.15) is 0 Å². The molecule has 3 rings (SSSR count). The van der Waals surface area contributed by atoms with E-state index in [1.165, 1.54) is 0 Å². The Kier molecular flexibility index (Phi) is 3.06. The van der Waals surface area contributed by atoms with Gasteiger partial charge in [-0.3, -0.25) is 0 Å². The van der Waals surface area contributed by atoms with Crippen molar-refractivity contribution in [1.29, 1.82) is 0 Å². The van der Waals surface area contributed by atoms with Gasteiger partial charge in [-0.25, -0.2) is 0 Å². The first kappa shape index (κ1) is 11.9. The average Bonchev–Trinajstić information content (AvgIpc) is 3.10. The molecule has 2 N–H and O–H groups in total. The minimum Gasteiger partial charge on any atom is -0.488 e. The van der Waals surface area contributed by atoms with E-state index in [0.29, 0.717) is 35.2 Å². The van der Waals surface area contributed by atoms with Gasteiger partial charge in [0, 0.05) is 12.0 Å². The maximum Gasteiger partial charge on any atom is 0.488 e. The number of rotatable bonds is 3. The second kappa shape index (κ2) is 4.87. The molecule has 0 aliphatic carbocycles. The molecule has 0 radical (unpaired) electrons. The smallest absolute Gasteiger partial charge is 0.488 e. The zero-order valence-corrected chi connectivity index (χ0v) is 9.98. The van der Waals surface area contributed by atoms with Crippen molar-refractivity contribution < 1.29 is 19.2 Å². The van der Waals surface area contributed by atoms with E-state index in [4.69, 9.17) is 19.2 Å². The normalized spacial score (nSPS) is 14.1. The molecule has 0 spiro atoms. The Morgan fingerprint density at radius 1 is 1.05 bits per heavy atom. The Hall–Kier alpha value is -2.12. The van der Waals surface area contributed by atoms with E-state index in [0.717, 1.165) is 6.42 Å². The summed E-state index contributed by atoms with van der Waals surface area (Å²) in [6, 6.07) is 6.57. The van der Waals surface area contributed by atoms with E-state index in [-0.39, 0.29) is 0 Å². The van der Waals surface area contributed by atoms with Gasteiger partial charge in [-0.1, -0.05) is 12.1 Å². The molecular formula is C12H11BN2O4. The molecule has 19 heavy (non-hydrogen) atoms. The lowest BCUT2D eigenvalue weighted by molar-refractivity contribution is 0.295. The summed E-state index contributed by atoms with van der Waals surface area (Å²) in [5.74, 6) is 1.34. The second-order valence-corrected chi connectivity index (χ2v) is 4.11. The highest BCUT2D eigenvalue weighted by molar-refractivity contribution is 6.58. The zero-order valence-electron chi connectivity index (χ0n) is 9.98. The summed E-state index contributed by atoms with van der Waals surface area (Å²) in [6.07, 6.45) is 2.75. The third kappa shape index (κ3) is 2.38. The Labute approximate surface area is 109 Å². The maximum absolute atomic E-state index is 9.01. The Morgan fingerprint density at radius 3 is 2.42 bits per heavy atom. The summed E-state index contributed by atoms with van der Waals surface area (Å²) < 4.78 is 10.9. The molecule has 0 fully saturated rings. The summed E-state index contributed by atoms with van der Waals surface area (Å²) >= 11 is 0. The summed E-state index contributed by atoms with van der Waals surface area (Å²) in [5, 5.41) is 25.9. The fourth-order valence-electron chi connectivity index (χ4n) is 1.80. The van der Waals surface area contributed by atoms with E-state index in [2.05, 4.69) is 10.2 Å². The van der Waals surface area contributed by atoms with Crippen LogP contribution in [0.5, 0.6) is 0 Å². The van der Waals surface area contributed by atoms with E-state index in [1.54, 1.807) is 24.3 Å². The van der Waals surface area contributed by atoms with Crippen molar-refractivity contribution in [2.45, 2.75) is 6.42 Å². The van der Waals surface area contributed by atoms with Crippen molar-refractivity contribution in [3.8, 4) is 11.5 Å². The van der Waals surface area contributed by atoms with Gasteiger partial charge in [0.25, 0.3) is 5.89 Å². The number of hydrogen-bond donors (Lipinski definition) is 2. The van der Waals surface area contributed by atoms with Crippen molar-refractivity contribution in [3.63, 3.8) is 0 Å². The number of benzene rings is 1. The Balaban J connectivity index is 1.86. The van der Waals surface area contributed by atoms with Crippen LogP contribution in [0.2, 0.25) is 0 Å². The van der Waals surface area contributed by atoms with E-state index < -0.39 is 7.12 Å². The molecule has 0 unspecified atom stereocenters. The number of nitrogens with zero attached hydrogens (tertiary/aromatic N) is 2. The van der Waals surface area contributed by atoms with Crippen LogP contribution in [0.3, 0.4) is 0 Å². The molecule has 0 saturated heterocycles. The van der Waals surface area contributed by atoms with E-state index in [1.807, 2.05) is 6.08 Å². The first-order valence-corrected chi connectivity index (χ1v) is 5.87. The number of hydrogen-bond acceptors (Lipinski definition) is 6. The fourth-order valence-corrected chi connectivity index (χ4v) is 1.80. The highest BCUT2D eigenvalue weighted by Crippen LogP contribution is 2.24. The molecule has 2 heterocycles. The van der Waals surface area contributed by atoms with Crippen molar-refractivity contribution in [3.05, 3.63) is 36.2 Å². The van der Waals surface area contributed by atoms with Gasteiger partial charge in [0.2, 0.25) is 5.89 Å². The minimum absolute atomic E-state index is 0.360. The molecule has 96 valence electrons. The van der Waals surface area contributed by atoms with Crippen molar-refractivity contribution in [1.82, 2.24) is 10.2 Å². The second-order valence-electron chi connectivity index (χ2n) is 4.11. The first-order valence-electron chi connectivity index (χ1n) is 5.87. The van der Waals surface area contributed by atoms with Gasteiger partial charge in [0.05, 0.1) is 6.61 Å². The lowest BCUT2D eigenvalue weighted by Crippen LogP contribution is -2.29. The molecule has 1 aliphatic heterocycles. The molecule has 1 aromatic heterocycles. The van der Waals surface area contributed by atoms with Gasteiger partial charge in [-0.15, -0.1) is 10.2 Å². The SMILES string of the molecule is OB(O)c1ccc(-c2nnc(C3=CCCO3)o2)cc1. The van der Waals surface area contributed by atoms with Crippen molar-refractivity contribution in [2.24, 2.45) is 0 Å². The lowest BCUT2D eigenvalue weighted by atomic mass is 9.80. The third-order valence-electron chi connectivity index (χ3n) is 2.80. The average molecular weight is 258 g/mol. The van der Waals surface area contributed by atoms with Gasteiger partial charge < -0.3 is 19.2 Å². The number of aromatic nitrogens is 2. The van der Waals surface area contributed by atoms with E-state index >= 15 is 0 Å². The van der Waals surface area contributed by atoms with Crippen LogP contribution in [0.15, 0.2) is 34.8 Å². The Bertz CT molecular complexity index is 606. The van der Waals surface area contributed by atoms with Crippen LogP contribution < -0.4 is 5.46 Å². The topological polar surface area (TPSA) is 88.6 Å². The number of ether oxygens (including phenoxy) is 1. The van der Waals surface area contributed by atoms with Crippen LogP contribution in [0, 0.1) is 0 Å². The zero-order chi connectivity index (χ0) is 13.2. The predicted octanol–water partition coefficient (Wildman–Crippen LogP) is 0.178. The maximum atomic E-state index is 9.01. The lowest BCUT2D eigenvalue weighted by Gasteiger charge is -1.99. The van der Waals surface area contributed by atoms with Gasteiger partial charge in [0.15, 0.2) is 5.76 Å². The van der Waals surface area contributed by atoms with Gasteiger partial charge >= 0.3 is 7.12 Å². The summed E-state index contributed by atoms with van der Waals surface area (Å²) in [4.78, 5) is 0. The standard InChI is InChI=1S/C12H11BN2O4/c16-13(17)9-5-3-8(4-6-9)11-14-15-12(19-11)10-2-1-7-18-10/h2-6,16-17H,1,7H2. The largest absolute Gasteiger partial charge is 0.488 e. The van der Waals surface area contributed by atoms with Crippen molar-refractivity contribution >= 4 is 18.3 Å². The Morgan fingerprint density at radius 2 is 1.79 bits per heavy atom. The molecule has 6 nitrogen and oxygen atoms in total. The molecule has 2 aromatic rings. The van der Waals surface area contributed by atoms with Crippen LogP contribution >= 0.6 is 0 Å². The highest BCUT2D eigenvalue weighted by Gasteiger charge is 2.17. The molecule has 7 heteroatoms. The van der Waals surface area contributed by atoms with Crippen LogP contribution in [-0.4, -0.2) is 34.0 Å². The molecule has 0 bridgehead atoms. The van der Waals surface area contributed by atoms with Gasteiger partial charge in [-0.2, -0.15) is 0 Å². The molecule has 1 aliphatic rings. The van der Waals surface area contributed by atoms with Crippen molar-refractivity contribution in [2.75, 3.05) is 6.61 Å². The third-order valence-corrected chi connectivity index (χ3v) is 2.80. The molecule has 0 saturated carbocycles. The van der Waals surface area contributed by atoms with Crippen LogP contribution in [0.25, 0.3) is 17.2 Å². The summed E-state index contributed by atoms with van der Waals surface area (Å²) in [5.41, 5.74) is 1.12.